The number of nitrogens with one attached hydrogen (secondary N) is 1. The van der Waals surface area contributed by atoms with Gasteiger partial charge in [0.1, 0.15) is 6.61 Å². The predicted molar refractivity (Wildman–Crippen MR) is 74.7 cm³/mol. The summed E-state index contributed by atoms with van der Waals surface area (Å²) < 4.78 is 5.32. The summed E-state index contributed by atoms with van der Waals surface area (Å²) in [5.74, 6) is 0. The number of rotatable bonds is 1. The fraction of sp³-hybridized carbons (Fsp3) is 0.500. The molecule has 1 amide bonds. The molecule has 1 spiro atoms. The third kappa shape index (κ3) is 2.19. The average molecular weight is 281 g/mol. The molecule has 0 radical (unpaired) electrons. The summed E-state index contributed by atoms with van der Waals surface area (Å²) >= 11 is 6.25. The summed E-state index contributed by atoms with van der Waals surface area (Å²) in [6, 6.07) is 7.46. The van der Waals surface area contributed by atoms with Crippen molar-refractivity contribution in [3.8, 4) is 0 Å². The van der Waals surface area contributed by atoms with Gasteiger partial charge < -0.3 is 10.1 Å². The highest BCUT2D eigenvalue weighted by atomic mass is 35.5. The summed E-state index contributed by atoms with van der Waals surface area (Å²) in [6.45, 7) is 2.35. The van der Waals surface area contributed by atoms with Gasteiger partial charge in [0.05, 0.1) is 16.2 Å². The number of carbonyl (C=O) groups is 1. The predicted octanol–water partition coefficient (Wildman–Crippen LogP) is 2.81. The smallest absolute Gasteiger partial charge is 0.415 e. The van der Waals surface area contributed by atoms with Crippen molar-refractivity contribution in [3.63, 3.8) is 0 Å². The Bertz CT molecular complexity index is 484. The maximum absolute atomic E-state index is 12.1. The van der Waals surface area contributed by atoms with Crippen LogP contribution < -0.4 is 10.2 Å². The van der Waals surface area contributed by atoms with Crippen LogP contribution in [-0.4, -0.2) is 31.3 Å². The molecule has 0 aromatic heterocycles. The molecule has 2 aliphatic rings. The van der Waals surface area contributed by atoms with E-state index in [1.165, 1.54) is 0 Å². The first-order valence-corrected chi connectivity index (χ1v) is 7.03. The second-order valence-corrected chi connectivity index (χ2v) is 5.58. The number of carbonyl (C=O) groups excluding carboxylic acids is 1. The van der Waals surface area contributed by atoms with Gasteiger partial charge >= 0.3 is 6.09 Å². The van der Waals surface area contributed by atoms with E-state index in [0.717, 1.165) is 38.0 Å². The monoisotopic (exact) mass is 280 g/mol. The number of ether oxygens (including phenoxy) is 1. The van der Waals surface area contributed by atoms with Gasteiger partial charge in [0.25, 0.3) is 0 Å². The van der Waals surface area contributed by atoms with Crippen molar-refractivity contribution in [2.24, 2.45) is 0 Å². The number of amides is 1. The van der Waals surface area contributed by atoms with Crippen LogP contribution in [0.2, 0.25) is 5.02 Å². The van der Waals surface area contributed by atoms with Gasteiger partial charge in [0, 0.05) is 0 Å². The number of para-hydroxylation sites is 1. The molecular formula is C14H17ClN2O2. The van der Waals surface area contributed by atoms with Crippen LogP contribution >= 0.6 is 11.6 Å². The van der Waals surface area contributed by atoms with Crippen molar-refractivity contribution in [2.45, 2.75) is 24.8 Å². The summed E-state index contributed by atoms with van der Waals surface area (Å²) in [7, 11) is 0. The molecule has 1 N–H and O–H groups in total. The Labute approximate surface area is 117 Å². The molecule has 0 saturated carbocycles. The fourth-order valence-corrected chi connectivity index (χ4v) is 3.21. The minimum atomic E-state index is -0.282. The number of cyclic esters (lactones) is 1. The van der Waals surface area contributed by atoms with E-state index in [0.29, 0.717) is 11.6 Å². The van der Waals surface area contributed by atoms with Crippen molar-refractivity contribution in [1.82, 2.24) is 5.32 Å². The molecule has 19 heavy (non-hydrogen) atoms. The first kappa shape index (κ1) is 12.8. The molecule has 4 nitrogen and oxygen atoms in total. The lowest BCUT2D eigenvalue weighted by molar-refractivity contribution is 0.170. The number of nitrogens with zero attached hydrogens (tertiary/aromatic N) is 1. The molecule has 2 heterocycles. The van der Waals surface area contributed by atoms with Crippen LogP contribution in [0.1, 0.15) is 19.3 Å². The van der Waals surface area contributed by atoms with E-state index in [1.54, 1.807) is 4.90 Å². The van der Waals surface area contributed by atoms with Crippen LogP contribution in [0.3, 0.4) is 0 Å². The van der Waals surface area contributed by atoms with Crippen molar-refractivity contribution < 1.29 is 9.53 Å². The van der Waals surface area contributed by atoms with Gasteiger partial charge in [-0.2, -0.15) is 0 Å². The molecule has 102 valence electrons. The van der Waals surface area contributed by atoms with E-state index in [4.69, 9.17) is 16.3 Å². The van der Waals surface area contributed by atoms with Crippen molar-refractivity contribution in [3.05, 3.63) is 29.3 Å². The second kappa shape index (κ2) is 5.02. The van der Waals surface area contributed by atoms with Crippen molar-refractivity contribution >= 4 is 23.4 Å². The average Bonchev–Trinajstić information content (AvgIpc) is 2.60. The van der Waals surface area contributed by atoms with Gasteiger partial charge in [0.2, 0.25) is 0 Å². The summed E-state index contributed by atoms with van der Waals surface area (Å²) in [5, 5.41) is 3.97. The van der Waals surface area contributed by atoms with E-state index in [2.05, 4.69) is 5.32 Å². The Balaban J connectivity index is 2.00. The number of benzene rings is 1. The van der Waals surface area contributed by atoms with Gasteiger partial charge in [-0.15, -0.1) is 0 Å². The van der Waals surface area contributed by atoms with Crippen LogP contribution in [-0.2, 0) is 4.74 Å². The van der Waals surface area contributed by atoms with E-state index < -0.39 is 0 Å². The molecule has 1 aromatic rings. The number of anilines is 1. The van der Waals surface area contributed by atoms with Crippen LogP contribution in [0.25, 0.3) is 0 Å². The number of halogens is 1. The van der Waals surface area contributed by atoms with Gasteiger partial charge in [-0.3, -0.25) is 4.90 Å². The molecule has 1 atom stereocenters. The van der Waals surface area contributed by atoms with Crippen LogP contribution in [0.5, 0.6) is 0 Å². The van der Waals surface area contributed by atoms with E-state index in [1.807, 2.05) is 24.3 Å². The molecule has 1 aromatic carbocycles. The number of hydrogen-bond acceptors (Lipinski definition) is 3. The molecule has 0 bridgehead atoms. The first-order valence-electron chi connectivity index (χ1n) is 6.65. The summed E-state index contributed by atoms with van der Waals surface area (Å²) in [6.07, 6.45) is 2.59. The zero-order chi connectivity index (χ0) is 13.3. The van der Waals surface area contributed by atoms with E-state index in [-0.39, 0.29) is 11.6 Å². The third-order valence-electron chi connectivity index (χ3n) is 3.98. The van der Waals surface area contributed by atoms with Gasteiger partial charge in [-0.25, -0.2) is 4.79 Å². The number of hydrogen-bond donors (Lipinski definition) is 1. The Hall–Kier alpha value is -1.26. The summed E-state index contributed by atoms with van der Waals surface area (Å²) in [5.41, 5.74) is 0.513. The Kier molecular flexibility index (Phi) is 3.37. The zero-order valence-electron chi connectivity index (χ0n) is 10.7. The van der Waals surface area contributed by atoms with Crippen LogP contribution in [0.15, 0.2) is 24.3 Å². The highest BCUT2D eigenvalue weighted by Crippen LogP contribution is 2.40. The van der Waals surface area contributed by atoms with Crippen LogP contribution in [0.4, 0.5) is 10.5 Å². The molecule has 3 rings (SSSR count). The fourth-order valence-electron chi connectivity index (χ4n) is 2.99. The molecule has 2 saturated heterocycles. The SMILES string of the molecule is O=C1OCC2(CCCNCC2)N1c1ccccc1Cl. The minimum absolute atomic E-state index is 0.244. The Morgan fingerprint density at radius 2 is 2.11 bits per heavy atom. The van der Waals surface area contributed by atoms with Gasteiger partial charge in [0.15, 0.2) is 0 Å². The molecular weight excluding hydrogens is 264 g/mol. The standard InChI is InChI=1S/C14H17ClN2O2/c15-11-4-1-2-5-12(11)17-13(18)19-10-14(17)6-3-8-16-9-7-14/h1-2,4-5,16H,3,6-10H2. The molecule has 1 unspecified atom stereocenters. The molecule has 2 fully saturated rings. The quantitative estimate of drug-likeness (QED) is 0.860. The highest BCUT2D eigenvalue weighted by molar-refractivity contribution is 6.33. The zero-order valence-corrected chi connectivity index (χ0v) is 11.4. The lowest BCUT2D eigenvalue weighted by Crippen LogP contribution is -2.48. The molecule has 0 aliphatic carbocycles. The largest absolute Gasteiger partial charge is 0.447 e. The van der Waals surface area contributed by atoms with Crippen molar-refractivity contribution in [2.75, 3.05) is 24.6 Å². The minimum Gasteiger partial charge on any atom is -0.447 e. The third-order valence-corrected chi connectivity index (χ3v) is 4.30. The maximum Gasteiger partial charge on any atom is 0.415 e. The van der Waals surface area contributed by atoms with Gasteiger partial charge in [-0.05, 0) is 44.5 Å². The normalized spacial score (nSPS) is 27.4. The Morgan fingerprint density at radius 1 is 1.26 bits per heavy atom. The topological polar surface area (TPSA) is 41.6 Å². The molecule has 2 aliphatic heterocycles. The first-order chi connectivity index (χ1) is 9.23. The second-order valence-electron chi connectivity index (χ2n) is 5.17. The maximum atomic E-state index is 12.1. The highest BCUT2D eigenvalue weighted by Gasteiger charge is 2.48. The lowest BCUT2D eigenvalue weighted by atomic mass is 9.90. The summed E-state index contributed by atoms with van der Waals surface area (Å²) in [4.78, 5) is 13.9. The van der Waals surface area contributed by atoms with E-state index >= 15 is 0 Å². The molecule has 5 heteroatoms. The Morgan fingerprint density at radius 3 is 2.95 bits per heavy atom. The van der Waals surface area contributed by atoms with Crippen LogP contribution in [0, 0.1) is 0 Å². The van der Waals surface area contributed by atoms with E-state index in [9.17, 15) is 4.79 Å². The lowest BCUT2D eigenvalue weighted by Gasteiger charge is -2.34. The van der Waals surface area contributed by atoms with Gasteiger partial charge in [-0.1, -0.05) is 23.7 Å². The van der Waals surface area contributed by atoms with Crippen molar-refractivity contribution in [1.29, 1.82) is 0 Å².